The molecule has 0 saturated carbocycles. The molecule has 20 valence electrons. The van der Waals surface area contributed by atoms with Crippen LogP contribution in [0.5, 0.6) is 0 Å². The number of hydrogen-bond donors (Lipinski definition) is 1. The van der Waals surface area contributed by atoms with Gasteiger partial charge in [-0.2, -0.15) is 0 Å². The Morgan fingerprint density at radius 1 is 1.50 bits per heavy atom. The van der Waals surface area contributed by atoms with Crippen LogP contribution in [-0.2, 0) is 0 Å². The summed E-state index contributed by atoms with van der Waals surface area (Å²) in [5.41, 5.74) is 0. The van der Waals surface area contributed by atoms with Gasteiger partial charge in [-0.05, 0) is 0 Å². The van der Waals surface area contributed by atoms with E-state index in [2.05, 4.69) is 0 Å². The summed E-state index contributed by atoms with van der Waals surface area (Å²) in [7, 11) is 0.306. The summed E-state index contributed by atoms with van der Waals surface area (Å²) in [5, 5.41) is 0. The van der Waals surface area contributed by atoms with Gasteiger partial charge >= 0.3 is 67.3 Å². The van der Waals surface area contributed by atoms with Crippen molar-refractivity contribution in [3.8, 4) is 0 Å². The zero-order valence-electron chi connectivity index (χ0n) is 6.15. The molecule has 0 fully saturated rings. The summed E-state index contributed by atoms with van der Waals surface area (Å²) < 4.78 is 0. The van der Waals surface area contributed by atoms with Crippen molar-refractivity contribution in [2.24, 2.45) is 0 Å². The maximum absolute atomic E-state index is 7.14. The van der Waals surface area contributed by atoms with E-state index in [1.807, 2.05) is 0 Å². The summed E-state index contributed by atoms with van der Waals surface area (Å²) in [4.78, 5) is 7.14. The van der Waals surface area contributed by atoms with Gasteiger partial charge in [-0.3, -0.25) is 0 Å². The van der Waals surface area contributed by atoms with E-state index in [0.717, 1.165) is 0 Å². The van der Waals surface area contributed by atoms with E-state index >= 15 is 0 Å². The first-order valence-corrected chi connectivity index (χ1v) is 1.34. The third-order valence-electron chi connectivity index (χ3n) is 0. The molecule has 0 radical (unpaired) electrons. The van der Waals surface area contributed by atoms with Crippen LogP contribution in [0.3, 0.4) is 0 Å². The van der Waals surface area contributed by atoms with Crippen LogP contribution in [0.25, 0.3) is 0 Å². The van der Waals surface area contributed by atoms with Gasteiger partial charge in [0.05, 0.1) is 0 Å². The Labute approximate surface area is 85.4 Å². The average molecular weight is 114 g/mol. The van der Waals surface area contributed by atoms with Crippen molar-refractivity contribution < 1.29 is 38.6 Å². The minimum Gasteiger partial charge on any atom is -1.00 e. The summed E-state index contributed by atoms with van der Waals surface area (Å²) >= 11 is 0. The molecule has 1 N–H and O–H groups in total. The van der Waals surface area contributed by atoms with Crippen molar-refractivity contribution in [2.75, 3.05) is 0 Å². The molecular formula is H7CaNaOSi. The molecule has 0 rings (SSSR count). The molecule has 1 nitrogen and oxygen atoms in total. The third kappa shape index (κ3) is 8.83. The normalized spacial score (nSPS) is 2.25. The van der Waals surface area contributed by atoms with Gasteiger partial charge in [0, 0.05) is 0 Å². The molecule has 0 aromatic carbocycles. The predicted molar refractivity (Wildman–Crippen MR) is 21.2 cm³/mol. The van der Waals surface area contributed by atoms with Crippen molar-refractivity contribution in [3.05, 3.63) is 0 Å². The second kappa shape index (κ2) is 18.0. The van der Waals surface area contributed by atoms with Gasteiger partial charge in [0.2, 0.25) is 0 Å². The second-order valence-electron chi connectivity index (χ2n) is 0. The van der Waals surface area contributed by atoms with Gasteiger partial charge in [0.25, 0.3) is 0 Å². The van der Waals surface area contributed by atoms with Crippen LogP contribution in [0.1, 0.15) is 4.28 Å². The molecule has 0 bridgehead atoms. The van der Waals surface area contributed by atoms with E-state index in [4.69, 9.17) is 4.80 Å². The quantitative estimate of drug-likeness (QED) is 0.313. The maximum Gasteiger partial charge on any atom is 2.00 e. The molecule has 0 atom stereocenters. The second-order valence-corrected chi connectivity index (χ2v) is 0. The topological polar surface area (TPSA) is 20.2 Å². The standard InChI is InChI=1S/Ca.Na.H4OSi.3H/c;;1-2;;;/h;;1H,2H3;;;/q+2;+1;;3*-1. The Balaban J connectivity index is -0.000000000500. The molecule has 0 unspecified atom stereocenters. The van der Waals surface area contributed by atoms with Crippen LogP contribution in [-0.4, -0.2) is 53.0 Å². The third-order valence-corrected chi connectivity index (χ3v) is 0. The summed E-state index contributed by atoms with van der Waals surface area (Å²) in [6.45, 7) is 0. The monoisotopic (exact) mass is 114 g/mol. The predicted octanol–water partition coefficient (Wildman–Crippen LogP) is -4.78. The first kappa shape index (κ1) is 16.1. The Morgan fingerprint density at radius 2 is 1.50 bits per heavy atom. The van der Waals surface area contributed by atoms with Gasteiger partial charge in [0.1, 0.15) is 10.5 Å². The van der Waals surface area contributed by atoms with E-state index in [0.29, 0.717) is 10.5 Å². The minimum atomic E-state index is 0. The van der Waals surface area contributed by atoms with E-state index in [9.17, 15) is 0 Å². The molecule has 4 heteroatoms. The summed E-state index contributed by atoms with van der Waals surface area (Å²) in [5.74, 6) is 0. The molecule has 0 aliphatic carbocycles. The van der Waals surface area contributed by atoms with Crippen molar-refractivity contribution in [1.29, 1.82) is 0 Å². The molecule has 4 heavy (non-hydrogen) atoms. The van der Waals surface area contributed by atoms with Crippen molar-refractivity contribution in [2.45, 2.75) is 0 Å². The van der Waals surface area contributed by atoms with E-state index in [-0.39, 0.29) is 71.6 Å². The van der Waals surface area contributed by atoms with Crippen LogP contribution in [0.4, 0.5) is 0 Å². The van der Waals surface area contributed by atoms with Gasteiger partial charge < -0.3 is 9.08 Å². The first-order valence-electron chi connectivity index (χ1n) is 0.447. The zero-order valence-corrected chi connectivity index (χ0v) is 9.36. The van der Waals surface area contributed by atoms with Crippen molar-refractivity contribution >= 4 is 48.2 Å². The van der Waals surface area contributed by atoms with Gasteiger partial charge in [-0.25, -0.2) is 0 Å². The molecular weight excluding hydrogens is 107 g/mol. The number of rotatable bonds is 0. The van der Waals surface area contributed by atoms with E-state index in [1.165, 1.54) is 0 Å². The largest absolute Gasteiger partial charge is 2.00 e. The average Bonchev–Trinajstić information content (AvgIpc) is 1.00. The van der Waals surface area contributed by atoms with Crippen LogP contribution in [0.2, 0.25) is 0 Å². The molecule has 0 aliphatic rings. The van der Waals surface area contributed by atoms with Crippen LogP contribution in [0, 0.1) is 0 Å². The molecule has 0 aliphatic heterocycles. The van der Waals surface area contributed by atoms with E-state index in [1.54, 1.807) is 0 Å². The van der Waals surface area contributed by atoms with Gasteiger partial charge in [0.15, 0.2) is 0 Å². The van der Waals surface area contributed by atoms with Crippen molar-refractivity contribution in [3.63, 3.8) is 0 Å². The fraction of sp³-hybridized carbons (Fsp3) is 0. The van der Waals surface area contributed by atoms with Crippen LogP contribution >= 0.6 is 0 Å². The molecule has 0 aromatic heterocycles. The van der Waals surface area contributed by atoms with Crippen LogP contribution in [0.15, 0.2) is 0 Å². The minimum absolute atomic E-state index is 0. The Kier molecular flexibility index (Phi) is 72.6. The maximum atomic E-state index is 7.14. The summed E-state index contributed by atoms with van der Waals surface area (Å²) in [6, 6.07) is 0. The smallest absolute Gasteiger partial charge is 1.00 e. The first-order chi connectivity index (χ1) is 1.00. The Morgan fingerprint density at radius 3 is 1.50 bits per heavy atom. The van der Waals surface area contributed by atoms with E-state index < -0.39 is 0 Å². The van der Waals surface area contributed by atoms with Gasteiger partial charge in [-0.15, -0.1) is 0 Å². The molecule has 0 amide bonds. The Hall–Kier alpha value is 2.44. The zero-order chi connectivity index (χ0) is 2.00. The van der Waals surface area contributed by atoms with Crippen molar-refractivity contribution in [1.82, 2.24) is 0 Å². The molecule has 0 saturated heterocycles. The molecule has 0 aromatic rings. The molecule has 0 heterocycles. The SMILES string of the molecule is O[SiH3].[Ca+2].[H-].[H-].[H-].[Na+]. The Bertz CT molecular complexity index is 14.9. The summed E-state index contributed by atoms with van der Waals surface area (Å²) in [6.07, 6.45) is 0. The fourth-order valence-corrected chi connectivity index (χ4v) is 0. The fourth-order valence-electron chi connectivity index (χ4n) is 0. The van der Waals surface area contributed by atoms with Gasteiger partial charge in [-0.1, -0.05) is 0 Å². The van der Waals surface area contributed by atoms with Crippen LogP contribution < -0.4 is 29.6 Å². The molecule has 0 spiro atoms. The number of hydrogen-bond acceptors (Lipinski definition) is 1.